The Morgan fingerprint density at radius 1 is 1.07 bits per heavy atom. The summed E-state index contributed by atoms with van der Waals surface area (Å²) in [5.41, 5.74) is 1.52. The highest BCUT2D eigenvalue weighted by molar-refractivity contribution is 7.92. The molecule has 27 heavy (non-hydrogen) atoms. The van der Waals surface area contributed by atoms with Gasteiger partial charge in [0.05, 0.1) is 11.8 Å². The molecule has 1 aliphatic rings. The smallest absolute Gasteiger partial charge is 0.255 e. The van der Waals surface area contributed by atoms with Crippen LogP contribution in [-0.4, -0.2) is 49.3 Å². The van der Waals surface area contributed by atoms with Crippen LogP contribution in [0.5, 0.6) is 0 Å². The van der Waals surface area contributed by atoms with Crippen molar-refractivity contribution in [3.8, 4) is 0 Å². The average Bonchev–Trinajstić information content (AvgIpc) is 2.67. The van der Waals surface area contributed by atoms with E-state index in [0.29, 0.717) is 42.7 Å². The molecule has 1 aromatic heterocycles. The number of ketones is 1. The van der Waals surface area contributed by atoms with Crippen molar-refractivity contribution in [2.45, 2.75) is 12.8 Å². The zero-order valence-electron chi connectivity index (χ0n) is 15.0. The molecule has 2 heterocycles. The second-order valence-corrected chi connectivity index (χ2v) is 8.37. The maximum absolute atomic E-state index is 12.7. The number of carbonyl (C=O) groups excluding carboxylic acids is 2. The molecule has 1 aliphatic heterocycles. The fourth-order valence-corrected chi connectivity index (χ4v) is 3.73. The molecule has 0 saturated carbocycles. The number of pyridine rings is 1. The molecule has 0 bridgehead atoms. The van der Waals surface area contributed by atoms with Crippen molar-refractivity contribution < 1.29 is 18.0 Å². The highest BCUT2D eigenvalue weighted by Crippen LogP contribution is 2.24. The third-order valence-corrected chi connectivity index (χ3v) is 5.14. The number of benzene rings is 1. The molecule has 2 aromatic rings. The zero-order valence-corrected chi connectivity index (χ0v) is 15.8. The number of piperidine rings is 1. The third-order valence-electron chi connectivity index (χ3n) is 4.53. The lowest BCUT2D eigenvalue weighted by Gasteiger charge is -2.31. The number of amides is 1. The zero-order chi connectivity index (χ0) is 19.4. The number of anilines is 1. The van der Waals surface area contributed by atoms with E-state index in [9.17, 15) is 18.0 Å². The fourth-order valence-electron chi connectivity index (χ4n) is 3.17. The SMILES string of the molecule is CS(=O)(=O)Nc1ccc(C(=O)C2CCN(C(=O)c3cccnc3)CC2)cc1. The van der Waals surface area contributed by atoms with Crippen molar-refractivity contribution in [1.29, 1.82) is 0 Å². The first-order valence-corrected chi connectivity index (χ1v) is 10.5. The Balaban J connectivity index is 1.59. The van der Waals surface area contributed by atoms with E-state index < -0.39 is 10.0 Å². The van der Waals surface area contributed by atoms with Crippen molar-refractivity contribution in [3.05, 3.63) is 59.9 Å². The number of nitrogens with one attached hydrogen (secondary N) is 1. The minimum atomic E-state index is -3.34. The monoisotopic (exact) mass is 387 g/mol. The molecule has 0 spiro atoms. The van der Waals surface area contributed by atoms with Gasteiger partial charge in [0.15, 0.2) is 5.78 Å². The number of likely N-dealkylation sites (tertiary alicyclic amines) is 1. The Morgan fingerprint density at radius 3 is 2.30 bits per heavy atom. The molecule has 0 aliphatic carbocycles. The molecule has 1 aromatic carbocycles. The number of hydrogen-bond donors (Lipinski definition) is 1. The first kappa shape index (κ1) is 19.0. The molecule has 0 unspecified atom stereocenters. The summed E-state index contributed by atoms with van der Waals surface area (Å²) in [5.74, 6) is -0.184. The quantitative estimate of drug-likeness (QED) is 0.794. The predicted octanol–water partition coefficient (Wildman–Crippen LogP) is 2.19. The van der Waals surface area contributed by atoms with E-state index in [4.69, 9.17) is 0 Å². The first-order valence-electron chi connectivity index (χ1n) is 8.65. The number of sulfonamides is 1. The molecule has 7 nitrogen and oxygen atoms in total. The predicted molar refractivity (Wildman–Crippen MR) is 102 cm³/mol. The second kappa shape index (κ2) is 7.87. The summed E-state index contributed by atoms with van der Waals surface area (Å²) >= 11 is 0. The lowest BCUT2D eigenvalue weighted by atomic mass is 9.88. The number of rotatable bonds is 5. The molecule has 1 amide bonds. The summed E-state index contributed by atoms with van der Waals surface area (Å²) in [7, 11) is -3.34. The number of carbonyl (C=O) groups is 2. The molecule has 0 atom stereocenters. The summed E-state index contributed by atoms with van der Waals surface area (Å²) in [6.45, 7) is 1.05. The van der Waals surface area contributed by atoms with Crippen molar-refractivity contribution >= 4 is 27.4 Å². The summed E-state index contributed by atoms with van der Waals surface area (Å²) in [5, 5.41) is 0. The van der Waals surface area contributed by atoms with Gasteiger partial charge in [0.2, 0.25) is 10.0 Å². The van der Waals surface area contributed by atoms with Gasteiger partial charge in [-0.25, -0.2) is 8.42 Å². The third kappa shape index (κ3) is 4.91. The number of aromatic nitrogens is 1. The van der Waals surface area contributed by atoms with Gasteiger partial charge in [-0.15, -0.1) is 0 Å². The van der Waals surface area contributed by atoms with E-state index in [2.05, 4.69) is 9.71 Å². The highest BCUT2D eigenvalue weighted by Gasteiger charge is 2.28. The van der Waals surface area contributed by atoms with E-state index in [1.165, 1.54) is 0 Å². The molecule has 3 rings (SSSR count). The Morgan fingerprint density at radius 2 is 1.74 bits per heavy atom. The first-order chi connectivity index (χ1) is 12.8. The highest BCUT2D eigenvalue weighted by atomic mass is 32.2. The van der Waals surface area contributed by atoms with Crippen LogP contribution in [0.4, 0.5) is 5.69 Å². The van der Waals surface area contributed by atoms with Gasteiger partial charge in [0.1, 0.15) is 0 Å². The van der Waals surface area contributed by atoms with Crippen LogP contribution < -0.4 is 4.72 Å². The van der Waals surface area contributed by atoms with Gasteiger partial charge in [-0.3, -0.25) is 19.3 Å². The molecule has 8 heteroatoms. The van der Waals surface area contributed by atoms with Crippen LogP contribution in [0.1, 0.15) is 33.6 Å². The molecule has 142 valence electrons. The van der Waals surface area contributed by atoms with Gasteiger partial charge < -0.3 is 4.90 Å². The van der Waals surface area contributed by atoms with Crippen LogP contribution in [0.2, 0.25) is 0 Å². The minimum Gasteiger partial charge on any atom is -0.339 e. The maximum atomic E-state index is 12.7. The van der Waals surface area contributed by atoms with Crippen LogP contribution in [-0.2, 0) is 10.0 Å². The molecule has 1 saturated heterocycles. The van der Waals surface area contributed by atoms with E-state index >= 15 is 0 Å². The van der Waals surface area contributed by atoms with Crippen molar-refractivity contribution in [1.82, 2.24) is 9.88 Å². The van der Waals surface area contributed by atoms with Crippen LogP contribution in [0, 0.1) is 5.92 Å². The Labute approximate surface area is 158 Å². The van der Waals surface area contributed by atoms with Crippen LogP contribution in [0.25, 0.3) is 0 Å². The largest absolute Gasteiger partial charge is 0.339 e. The van der Waals surface area contributed by atoms with Gasteiger partial charge in [-0.2, -0.15) is 0 Å². The molecular weight excluding hydrogens is 366 g/mol. The summed E-state index contributed by atoms with van der Waals surface area (Å²) in [6, 6.07) is 9.88. The second-order valence-electron chi connectivity index (χ2n) is 6.62. The fraction of sp³-hybridized carbons (Fsp3) is 0.316. The lowest BCUT2D eigenvalue weighted by Crippen LogP contribution is -2.40. The van der Waals surface area contributed by atoms with Crippen molar-refractivity contribution in [2.75, 3.05) is 24.1 Å². The van der Waals surface area contributed by atoms with Crippen molar-refractivity contribution in [3.63, 3.8) is 0 Å². The van der Waals surface area contributed by atoms with Gasteiger partial charge >= 0.3 is 0 Å². The summed E-state index contributed by atoms with van der Waals surface area (Å²) in [6.07, 6.45) is 5.46. The normalized spacial score (nSPS) is 15.4. The molecule has 1 N–H and O–H groups in total. The molecular formula is C19H21N3O4S. The van der Waals surface area contributed by atoms with E-state index in [1.54, 1.807) is 53.7 Å². The van der Waals surface area contributed by atoms with Crippen molar-refractivity contribution in [2.24, 2.45) is 5.92 Å². The van der Waals surface area contributed by atoms with Crippen LogP contribution in [0.3, 0.4) is 0 Å². The minimum absolute atomic E-state index is 0.0226. The summed E-state index contributed by atoms with van der Waals surface area (Å²) < 4.78 is 24.9. The number of nitrogens with zero attached hydrogens (tertiary/aromatic N) is 2. The van der Waals surface area contributed by atoms with Gasteiger partial charge in [0, 0.05) is 42.7 Å². The average molecular weight is 387 g/mol. The topological polar surface area (TPSA) is 96.4 Å². The van der Waals surface area contributed by atoms with E-state index in [-0.39, 0.29) is 17.6 Å². The Bertz CT molecular complexity index is 919. The maximum Gasteiger partial charge on any atom is 0.255 e. The Hall–Kier alpha value is -2.74. The summed E-state index contributed by atoms with van der Waals surface area (Å²) in [4.78, 5) is 30.9. The van der Waals surface area contributed by atoms with E-state index in [0.717, 1.165) is 6.26 Å². The van der Waals surface area contributed by atoms with Crippen LogP contribution in [0.15, 0.2) is 48.8 Å². The number of hydrogen-bond acceptors (Lipinski definition) is 5. The van der Waals surface area contributed by atoms with E-state index in [1.807, 2.05) is 0 Å². The van der Waals surface area contributed by atoms with Gasteiger partial charge in [-0.05, 0) is 49.2 Å². The Kier molecular flexibility index (Phi) is 5.55. The van der Waals surface area contributed by atoms with Gasteiger partial charge in [0.25, 0.3) is 5.91 Å². The lowest BCUT2D eigenvalue weighted by molar-refractivity contribution is 0.0650. The number of Topliss-reactive ketones (excluding diaryl/α,β-unsaturated/α-hetero) is 1. The van der Waals surface area contributed by atoms with Gasteiger partial charge in [-0.1, -0.05) is 0 Å². The standard InChI is InChI=1S/C19H21N3O4S/c1-27(25,26)21-17-6-4-14(5-7-17)18(23)15-8-11-22(12-9-15)19(24)16-3-2-10-20-13-16/h2-7,10,13,15,21H,8-9,11-12H2,1H3. The van der Waals surface area contributed by atoms with Crippen LogP contribution >= 0.6 is 0 Å². The molecule has 1 fully saturated rings. The molecule has 0 radical (unpaired) electrons.